The van der Waals surface area contributed by atoms with E-state index in [-0.39, 0.29) is 10.7 Å². The Labute approximate surface area is 123 Å². The maximum absolute atomic E-state index is 12.5. The molecule has 0 spiro atoms. The fourth-order valence-corrected chi connectivity index (χ4v) is 3.94. The Balaban J connectivity index is 2.38. The second kappa shape index (κ2) is 5.15. The first-order valence-electron chi connectivity index (χ1n) is 6.39. The summed E-state index contributed by atoms with van der Waals surface area (Å²) >= 11 is 0. The first-order chi connectivity index (χ1) is 9.65. The van der Waals surface area contributed by atoms with E-state index in [9.17, 15) is 8.42 Å². The van der Waals surface area contributed by atoms with E-state index >= 15 is 0 Å². The van der Waals surface area contributed by atoms with Crippen LogP contribution in [0.2, 0.25) is 0 Å². The fourth-order valence-electron chi connectivity index (χ4n) is 2.41. The van der Waals surface area contributed by atoms with Crippen LogP contribution in [0.3, 0.4) is 0 Å². The van der Waals surface area contributed by atoms with E-state index in [0.29, 0.717) is 17.1 Å². The van der Waals surface area contributed by atoms with Gasteiger partial charge in [-0.25, -0.2) is 13.1 Å². The topological polar surface area (TPSA) is 116 Å². The van der Waals surface area contributed by atoms with Crippen LogP contribution in [-0.2, 0) is 17.1 Å². The van der Waals surface area contributed by atoms with Gasteiger partial charge >= 0.3 is 0 Å². The molecule has 0 aliphatic carbocycles. The van der Waals surface area contributed by atoms with Crippen LogP contribution in [-0.4, -0.2) is 23.4 Å². The van der Waals surface area contributed by atoms with Crippen molar-refractivity contribution in [3.05, 3.63) is 22.7 Å². The molecule has 0 radical (unpaired) electrons. The number of aryl methyl sites for hydroxylation is 3. The average molecular weight is 313 g/mol. The monoisotopic (exact) mass is 313 g/mol. The maximum atomic E-state index is 12.5. The molecule has 8 nitrogen and oxygen atoms in total. The highest BCUT2D eigenvalue weighted by atomic mass is 32.2. The Morgan fingerprint density at radius 1 is 1.33 bits per heavy atom. The summed E-state index contributed by atoms with van der Waals surface area (Å²) in [4.78, 5) is 0.00334. The lowest BCUT2D eigenvalue weighted by atomic mass is 10.1. The quantitative estimate of drug-likeness (QED) is 0.868. The van der Waals surface area contributed by atoms with E-state index in [1.54, 1.807) is 34.7 Å². The minimum Gasteiger partial charge on any atom is -0.381 e. The summed E-state index contributed by atoms with van der Waals surface area (Å²) in [5.74, 6) is 0.562. The molecule has 3 N–H and O–H groups in total. The molecule has 2 aromatic heterocycles. The number of anilines is 1. The molecule has 0 fully saturated rings. The molecule has 2 heterocycles. The van der Waals surface area contributed by atoms with Gasteiger partial charge in [-0.2, -0.15) is 5.10 Å². The van der Waals surface area contributed by atoms with Gasteiger partial charge in [0.1, 0.15) is 10.7 Å². The van der Waals surface area contributed by atoms with E-state index in [0.717, 1.165) is 5.56 Å². The number of nitrogen functional groups attached to an aromatic ring is 1. The normalized spacial score (nSPS) is 13.6. The second-order valence-electron chi connectivity index (χ2n) is 5.00. The molecular formula is C12H19N5O3S. The lowest BCUT2D eigenvalue weighted by Crippen LogP contribution is -2.28. The van der Waals surface area contributed by atoms with Crippen molar-refractivity contribution in [1.82, 2.24) is 19.7 Å². The van der Waals surface area contributed by atoms with E-state index in [4.69, 9.17) is 10.3 Å². The number of sulfonamides is 1. The van der Waals surface area contributed by atoms with Crippen molar-refractivity contribution in [3.63, 3.8) is 0 Å². The standard InChI is InChI=1S/C12H19N5O3S/c1-6-10(9(4)20-15-6)7(2)16-21(18,19)11-8(3)17(5)14-12(11)13/h7,16H,1-5H3,(H2,13,14). The summed E-state index contributed by atoms with van der Waals surface area (Å²) in [5, 5.41) is 7.75. The summed E-state index contributed by atoms with van der Waals surface area (Å²) in [5.41, 5.74) is 7.55. The molecule has 0 aliphatic heterocycles. The fraction of sp³-hybridized carbons (Fsp3) is 0.500. The van der Waals surface area contributed by atoms with Gasteiger partial charge < -0.3 is 10.3 Å². The van der Waals surface area contributed by atoms with Crippen molar-refractivity contribution >= 4 is 15.8 Å². The first-order valence-corrected chi connectivity index (χ1v) is 7.87. The highest BCUT2D eigenvalue weighted by Crippen LogP contribution is 2.26. The smallest absolute Gasteiger partial charge is 0.246 e. The Kier molecular flexibility index (Phi) is 3.81. The zero-order valence-electron chi connectivity index (χ0n) is 12.6. The van der Waals surface area contributed by atoms with Crippen LogP contribution in [0.1, 0.15) is 35.7 Å². The third kappa shape index (κ3) is 2.66. The molecule has 2 rings (SSSR count). The molecule has 2 aromatic rings. The lowest BCUT2D eigenvalue weighted by Gasteiger charge is -2.14. The molecular weight excluding hydrogens is 294 g/mol. The van der Waals surface area contributed by atoms with Crippen LogP contribution in [0.25, 0.3) is 0 Å². The van der Waals surface area contributed by atoms with E-state index in [2.05, 4.69) is 15.0 Å². The average Bonchev–Trinajstić information content (AvgIpc) is 2.79. The third-order valence-electron chi connectivity index (χ3n) is 3.43. The van der Waals surface area contributed by atoms with Crippen molar-refractivity contribution < 1.29 is 12.9 Å². The number of aromatic nitrogens is 3. The highest BCUT2D eigenvalue weighted by Gasteiger charge is 2.28. The Hall–Kier alpha value is -1.87. The minimum absolute atomic E-state index is 0.00334. The summed E-state index contributed by atoms with van der Waals surface area (Å²) in [6.07, 6.45) is 0. The molecule has 0 saturated heterocycles. The van der Waals surface area contributed by atoms with Crippen LogP contribution in [0.4, 0.5) is 5.82 Å². The van der Waals surface area contributed by atoms with E-state index < -0.39 is 16.1 Å². The molecule has 0 amide bonds. The lowest BCUT2D eigenvalue weighted by molar-refractivity contribution is 0.391. The molecule has 0 aromatic carbocycles. The van der Waals surface area contributed by atoms with Gasteiger partial charge in [-0.3, -0.25) is 4.68 Å². The summed E-state index contributed by atoms with van der Waals surface area (Å²) in [6, 6.07) is -0.486. The van der Waals surface area contributed by atoms with Crippen LogP contribution >= 0.6 is 0 Å². The van der Waals surface area contributed by atoms with Gasteiger partial charge in [0.2, 0.25) is 10.0 Å². The molecule has 21 heavy (non-hydrogen) atoms. The van der Waals surface area contributed by atoms with Crippen LogP contribution < -0.4 is 10.5 Å². The molecule has 0 aliphatic rings. The van der Waals surface area contributed by atoms with Crippen LogP contribution in [0.15, 0.2) is 9.42 Å². The Morgan fingerprint density at radius 2 is 1.95 bits per heavy atom. The van der Waals surface area contributed by atoms with Gasteiger partial charge in [0.15, 0.2) is 5.82 Å². The summed E-state index contributed by atoms with van der Waals surface area (Å²) in [7, 11) is -2.15. The Morgan fingerprint density at radius 3 is 2.38 bits per heavy atom. The number of nitrogens with one attached hydrogen (secondary N) is 1. The maximum Gasteiger partial charge on any atom is 0.246 e. The highest BCUT2D eigenvalue weighted by molar-refractivity contribution is 7.89. The third-order valence-corrected chi connectivity index (χ3v) is 5.13. The second-order valence-corrected chi connectivity index (χ2v) is 6.66. The summed E-state index contributed by atoms with van der Waals surface area (Å²) in [6.45, 7) is 6.88. The van der Waals surface area contributed by atoms with Gasteiger partial charge in [0, 0.05) is 18.7 Å². The van der Waals surface area contributed by atoms with E-state index in [1.165, 1.54) is 4.68 Å². The van der Waals surface area contributed by atoms with Gasteiger partial charge in [-0.15, -0.1) is 0 Å². The predicted molar refractivity (Wildman–Crippen MR) is 77.1 cm³/mol. The summed E-state index contributed by atoms with van der Waals surface area (Å²) < 4.78 is 34.1. The zero-order valence-corrected chi connectivity index (χ0v) is 13.4. The molecule has 9 heteroatoms. The zero-order chi connectivity index (χ0) is 15.9. The molecule has 1 atom stereocenters. The van der Waals surface area contributed by atoms with Crippen molar-refractivity contribution in [3.8, 4) is 0 Å². The van der Waals surface area contributed by atoms with E-state index in [1.807, 2.05) is 0 Å². The molecule has 116 valence electrons. The number of hydrogen-bond acceptors (Lipinski definition) is 6. The number of nitrogens with zero attached hydrogens (tertiary/aromatic N) is 3. The van der Waals surface area contributed by atoms with Crippen LogP contribution in [0, 0.1) is 20.8 Å². The molecule has 1 unspecified atom stereocenters. The number of rotatable bonds is 4. The number of hydrogen-bond donors (Lipinski definition) is 2. The van der Waals surface area contributed by atoms with Crippen LogP contribution in [0.5, 0.6) is 0 Å². The largest absolute Gasteiger partial charge is 0.381 e. The Bertz CT molecular complexity index is 756. The van der Waals surface area contributed by atoms with Crippen molar-refractivity contribution in [1.29, 1.82) is 0 Å². The molecule has 0 bridgehead atoms. The SMILES string of the molecule is Cc1noc(C)c1C(C)NS(=O)(=O)c1c(N)nn(C)c1C. The van der Waals surface area contributed by atoms with Gasteiger partial charge in [-0.1, -0.05) is 5.16 Å². The first kappa shape index (κ1) is 15.5. The van der Waals surface area contributed by atoms with Gasteiger partial charge in [0.05, 0.1) is 11.4 Å². The number of nitrogens with two attached hydrogens (primary N) is 1. The minimum atomic E-state index is -3.79. The van der Waals surface area contributed by atoms with Gasteiger partial charge in [-0.05, 0) is 27.7 Å². The van der Waals surface area contributed by atoms with Crippen molar-refractivity contribution in [2.45, 2.75) is 38.6 Å². The molecule has 0 saturated carbocycles. The van der Waals surface area contributed by atoms with Gasteiger partial charge in [0.25, 0.3) is 0 Å². The van der Waals surface area contributed by atoms with Crippen molar-refractivity contribution in [2.75, 3.05) is 5.73 Å². The van der Waals surface area contributed by atoms with Crippen molar-refractivity contribution in [2.24, 2.45) is 7.05 Å². The predicted octanol–water partition coefficient (Wildman–Crippen LogP) is 0.955.